The Balaban J connectivity index is 1.43. The monoisotopic (exact) mass is 580 g/mol. The van der Waals surface area contributed by atoms with E-state index in [1.54, 1.807) is 6.20 Å². The number of fused-ring (bicyclic) bond motifs is 7. The minimum Gasteiger partial charge on any atom is -0.291 e. The fourth-order valence-electron chi connectivity index (χ4n) is 6.27. The molecule has 0 unspecified atom stereocenters. The number of benzene rings is 4. The third-order valence-corrected chi connectivity index (χ3v) is 9.42. The van der Waals surface area contributed by atoms with Gasteiger partial charge in [-0.25, -0.2) is 9.97 Å². The number of aromatic nitrogens is 4. The van der Waals surface area contributed by atoms with Crippen LogP contribution in [0.2, 0.25) is 0 Å². The summed E-state index contributed by atoms with van der Waals surface area (Å²) in [4.78, 5) is 15.0. The predicted octanol–water partition coefficient (Wildman–Crippen LogP) is 10.3. The van der Waals surface area contributed by atoms with Crippen molar-refractivity contribution in [2.75, 3.05) is 0 Å². The van der Waals surface area contributed by atoms with Crippen molar-refractivity contribution < 1.29 is 0 Å². The Labute approximate surface area is 257 Å². The first kappa shape index (κ1) is 24.9. The summed E-state index contributed by atoms with van der Waals surface area (Å²) in [5.41, 5.74) is 9.27. The molecule has 0 aliphatic rings. The minimum atomic E-state index is 0.865. The Bertz CT molecular complexity index is 2420. The summed E-state index contributed by atoms with van der Waals surface area (Å²) in [7, 11) is 0. The van der Waals surface area contributed by atoms with Crippen LogP contribution < -0.4 is 0 Å². The summed E-state index contributed by atoms with van der Waals surface area (Å²) in [6.45, 7) is 0. The maximum Gasteiger partial charge on any atom is 0.138 e. The van der Waals surface area contributed by atoms with E-state index in [1.807, 2.05) is 29.7 Å². The van der Waals surface area contributed by atoms with E-state index in [1.165, 1.54) is 20.2 Å². The zero-order valence-corrected chi connectivity index (χ0v) is 24.4. The predicted molar refractivity (Wildman–Crippen MR) is 183 cm³/mol. The molecule has 0 atom stereocenters. The van der Waals surface area contributed by atoms with E-state index < -0.39 is 0 Å². The van der Waals surface area contributed by atoms with Crippen molar-refractivity contribution in [3.63, 3.8) is 0 Å². The van der Waals surface area contributed by atoms with Crippen LogP contribution in [0.1, 0.15) is 0 Å². The Morgan fingerprint density at radius 2 is 1.30 bits per heavy atom. The molecule has 0 spiro atoms. The summed E-state index contributed by atoms with van der Waals surface area (Å²) >= 11 is 1.83. The second-order valence-corrected chi connectivity index (χ2v) is 12.0. The van der Waals surface area contributed by atoms with E-state index in [0.717, 1.165) is 61.4 Å². The van der Waals surface area contributed by atoms with Crippen LogP contribution in [-0.2, 0) is 0 Å². The smallest absolute Gasteiger partial charge is 0.138 e. The lowest BCUT2D eigenvalue weighted by atomic mass is 10.0. The molecule has 5 heterocycles. The summed E-state index contributed by atoms with van der Waals surface area (Å²) in [5.74, 6) is 0.865. The first-order valence-electron chi connectivity index (χ1n) is 14.6. The molecule has 9 aromatic rings. The number of hydrogen-bond donors (Lipinski definition) is 0. The molecule has 0 saturated carbocycles. The molecule has 4 nitrogen and oxygen atoms in total. The van der Waals surface area contributed by atoms with Crippen LogP contribution >= 0.6 is 11.3 Å². The second kappa shape index (κ2) is 9.97. The number of rotatable bonds is 4. The molecule has 0 saturated heterocycles. The Morgan fingerprint density at radius 3 is 2.11 bits per heavy atom. The zero-order chi connectivity index (χ0) is 29.0. The molecule has 0 aliphatic carbocycles. The van der Waals surface area contributed by atoms with Crippen LogP contribution in [0.5, 0.6) is 0 Å². The molecule has 4 aromatic carbocycles. The molecule has 0 aliphatic heterocycles. The Morgan fingerprint density at radius 1 is 0.523 bits per heavy atom. The average molecular weight is 581 g/mol. The first-order valence-corrected chi connectivity index (χ1v) is 15.4. The van der Waals surface area contributed by atoms with E-state index >= 15 is 0 Å². The number of hydrogen-bond acceptors (Lipinski definition) is 4. The lowest BCUT2D eigenvalue weighted by molar-refractivity contribution is 1.09. The molecular weight excluding hydrogens is 557 g/mol. The highest BCUT2D eigenvalue weighted by Gasteiger charge is 2.21. The van der Waals surface area contributed by atoms with Gasteiger partial charge in [-0.3, -0.25) is 9.55 Å². The highest BCUT2D eigenvalue weighted by Crippen LogP contribution is 2.43. The molecule has 44 heavy (non-hydrogen) atoms. The SMILES string of the molecule is c1ccc(-c2cc(-c3ccccc3)nc(-n3c4ccc(-c5cccnc5)nc4c4ccc5sc6ccccc6c5c43)c2)cc1. The van der Waals surface area contributed by atoms with Crippen molar-refractivity contribution in [1.82, 2.24) is 19.5 Å². The van der Waals surface area contributed by atoms with Crippen molar-refractivity contribution in [1.29, 1.82) is 0 Å². The highest BCUT2D eigenvalue weighted by atomic mass is 32.1. The Kier molecular flexibility index (Phi) is 5.64. The molecule has 0 fully saturated rings. The first-order chi connectivity index (χ1) is 21.8. The fraction of sp³-hybridized carbons (Fsp3) is 0. The molecule has 0 amide bonds. The average Bonchev–Trinajstić information content (AvgIpc) is 3.64. The van der Waals surface area contributed by atoms with Gasteiger partial charge in [0.25, 0.3) is 0 Å². The summed E-state index contributed by atoms with van der Waals surface area (Å²) in [6, 6.07) is 46.8. The number of thiophene rings is 1. The van der Waals surface area contributed by atoms with Crippen molar-refractivity contribution in [3.8, 4) is 39.5 Å². The number of nitrogens with zero attached hydrogens (tertiary/aromatic N) is 4. The maximum absolute atomic E-state index is 5.35. The van der Waals surface area contributed by atoms with Gasteiger partial charge in [0, 0.05) is 49.1 Å². The quantitative estimate of drug-likeness (QED) is 0.208. The summed E-state index contributed by atoms with van der Waals surface area (Å²) in [5, 5.41) is 3.59. The van der Waals surface area contributed by atoms with Gasteiger partial charge in [0.2, 0.25) is 0 Å². The fourth-order valence-corrected chi connectivity index (χ4v) is 7.38. The van der Waals surface area contributed by atoms with E-state index in [-0.39, 0.29) is 0 Å². The van der Waals surface area contributed by atoms with Gasteiger partial charge in [0.1, 0.15) is 5.82 Å². The van der Waals surface area contributed by atoms with Crippen LogP contribution in [0.3, 0.4) is 0 Å². The van der Waals surface area contributed by atoms with Gasteiger partial charge in [0.05, 0.1) is 27.9 Å². The molecule has 9 rings (SSSR count). The molecular formula is C39H24N4S. The van der Waals surface area contributed by atoms with Crippen LogP contribution in [0, 0.1) is 0 Å². The van der Waals surface area contributed by atoms with Crippen LogP contribution in [0.4, 0.5) is 0 Å². The summed E-state index contributed by atoms with van der Waals surface area (Å²) < 4.78 is 4.84. The van der Waals surface area contributed by atoms with Gasteiger partial charge in [0.15, 0.2) is 0 Å². The van der Waals surface area contributed by atoms with Crippen LogP contribution in [0.15, 0.2) is 146 Å². The standard InChI is InChI=1S/C39H24N4S/c1-3-10-25(11-4-1)28-22-32(26-12-5-2-6-13-26)41-36(23-28)43-33-19-18-31(27-14-9-21-40-24-27)42-38(33)30-17-20-35-37(39(30)43)29-15-7-8-16-34(29)44-35/h1-24H. The molecule has 5 aromatic heterocycles. The topological polar surface area (TPSA) is 43.6 Å². The molecule has 206 valence electrons. The second-order valence-electron chi connectivity index (χ2n) is 10.9. The minimum absolute atomic E-state index is 0.865. The molecule has 0 radical (unpaired) electrons. The zero-order valence-electron chi connectivity index (χ0n) is 23.6. The van der Waals surface area contributed by atoms with E-state index in [0.29, 0.717) is 0 Å². The van der Waals surface area contributed by atoms with Gasteiger partial charge in [-0.2, -0.15) is 0 Å². The molecule has 5 heteroatoms. The van der Waals surface area contributed by atoms with Crippen molar-refractivity contribution in [2.45, 2.75) is 0 Å². The molecule has 0 N–H and O–H groups in total. The van der Waals surface area contributed by atoms with E-state index in [4.69, 9.17) is 9.97 Å². The third kappa shape index (κ3) is 3.94. The lowest BCUT2D eigenvalue weighted by Gasteiger charge is -2.13. The summed E-state index contributed by atoms with van der Waals surface area (Å²) in [6.07, 6.45) is 3.66. The largest absolute Gasteiger partial charge is 0.291 e. The van der Waals surface area contributed by atoms with Crippen molar-refractivity contribution >= 4 is 53.4 Å². The van der Waals surface area contributed by atoms with E-state index in [9.17, 15) is 0 Å². The van der Waals surface area contributed by atoms with Crippen molar-refractivity contribution in [2.24, 2.45) is 0 Å². The third-order valence-electron chi connectivity index (χ3n) is 8.28. The lowest BCUT2D eigenvalue weighted by Crippen LogP contribution is -2.00. The molecule has 0 bridgehead atoms. The van der Waals surface area contributed by atoms with Crippen molar-refractivity contribution in [3.05, 3.63) is 146 Å². The van der Waals surface area contributed by atoms with Gasteiger partial charge >= 0.3 is 0 Å². The highest BCUT2D eigenvalue weighted by molar-refractivity contribution is 7.26. The van der Waals surface area contributed by atoms with Crippen LogP contribution in [-0.4, -0.2) is 19.5 Å². The van der Waals surface area contributed by atoms with Gasteiger partial charge in [-0.1, -0.05) is 78.9 Å². The van der Waals surface area contributed by atoms with Gasteiger partial charge in [-0.15, -0.1) is 11.3 Å². The van der Waals surface area contributed by atoms with Gasteiger partial charge in [-0.05, 0) is 65.7 Å². The Hall–Kier alpha value is -5.65. The maximum atomic E-state index is 5.35. The van der Waals surface area contributed by atoms with Gasteiger partial charge < -0.3 is 0 Å². The normalized spacial score (nSPS) is 11.6. The van der Waals surface area contributed by atoms with Crippen LogP contribution in [0.25, 0.3) is 81.6 Å². The number of pyridine rings is 3. The van der Waals surface area contributed by atoms with E-state index in [2.05, 4.69) is 131 Å².